The van der Waals surface area contributed by atoms with E-state index < -0.39 is 11.9 Å². The number of benzene rings is 1. The van der Waals surface area contributed by atoms with Crippen molar-refractivity contribution in [2.45, 2.75) is 26.0 Å². The lowest BCUT2D eigenvalue weighted by molar-refractivity contribution is 0.227. The second kappa shape index (κ2) is 10.4. The molecule has 10 heteroatoms. The van der Waals surface area contributed by atoms with Crippen molar-refractivity contribution >= 4 is 34.8 Å². The fourth-order valence-corrected chi connectivity index (χ4v) is 4.99. The summed E-state index contributed by atoms with van der Waals surface area (Å²) in [6.07, 6.45) is 2.72. The average molecular weight is 520 g/mol. The van der Waals surface area contributed by atoms with E-state index in [-0.39, 0.29) is 10.8 Å². The van der Waals surface area contributed by atoms with E-state index in [1.165, 1.54) is 12.1 Å². The molecule has 1 aliphatic rings. The molecule has 2 atom stereocenters. The number of ether oxygens (including phenoxy) is 2. The Balaban J connectivity index is 1.64. The minimum absolute atomic E-state index is 0.0905. The summed E-state index contributed by atoms with van der Waals surface area (Å²) in [6, 6.07) is 6.66. The van der Waals surface area contributed by atoms with Crippen molar-refractivity contribution < 1.29 is 13.9 Å². The minimum atomic E-state index is -0.675. The highest BCUT2D eigenvalue weighted by Crippen LogP contribution is 2.39. The molecule has 1 saturated heterocycles. The summed E-state index contributed by atoms with van der Waals surface area (Å²) < 4.78 is 25.7. The van der Waals surface area contributed by atoms with Crippen molar-refractivity contribution in [1.29, 1.82) is 0 Å². The van der Waals surface area contributed by atoms with Crippen LogP contribution in [0.1, 0.15) is 25.5 Å². The molecular formula is C25H28Cl2FN5O2. The number of pyridine rings is 2. The molecule has 1 fully saturated rings. The molecule has 0 radical (unpaired) electrons. The summed E-state index contributed by atoms with van der Waals surface area (Å²) in [5.41, 5.74) is 7.87. The van der Waals surface area contributed by atoms with Gasteiger partial charge in [-0.25, -0.2) is 14.4 Å². The van der Waals surface area contributed by atoms with Crippen molar-refractivity contribution in [2.75, 3.05) is 44.4 Å². The largest absolute Gasteiger partial charge is 0.496 e. The number of halogens is 3. The van der Waals surface area contributed by atoms with Crippen LogP contribution in [-0.4, -0.2) is 54.7 Å². The average Bonchev–Trinajstić information content (AvgIpc) is 2.83. The molecule has 2 aromatic heterocycles. The van der Waals surface area contributed by atoms with Gasteiger partial charge in [0, 0.05) is 65.8 Å². The topological polar surface area (TPSA) is 76.7 Å². The van der Waals surface area contributed by atoms with Crippen LogP contribution in [0.3, 0.4) is 0 Å². The minimum Gasteiger partial charge on any atom is -0.496 e. The molecule has 3 aromatic rings. The maximum atomic E-state index is 14.0. The van der Waals surface area contributed by atoms with Crippen LogP contribution in [0.5, 0.6) is 11.5 Å². The highest BCUT2D eigenvalue weighted by Gasteiger charge is 2.24. The molecular weight excluding hydrogens is 492 g/mol. The molecule has 0 aliphatic carbocycles. The number of hydrogen-bond donors (Lipinski definition) is 1. The summed E-state index contributed by atoms with van der Waals surface area (Å²) in [4.78, 5) is 13.6. The normalized spacial score (nSPS) is 17.3. The van der Waals surface area contributed by atoms with Crippen molar-refractivity contribution in [3.8, 4) is 22.6 Å². The summed E-state index contributed by atoms with van der Waals surface area (Å²) in [5, 5.41) is 0.207. The van der Waals surface area contributed by atoms with E-state index in [0.29, 0.717) is 33.7 Å². The number of likely N-dealkylation sites (N-methyl/N-ethyl adjacent to an activating group) is 1. The van der Waals surface area contributed by atoms with Gasteiger partial charge < -0.3 is 25.0 Å². The first-order valence-corrected chi connectivity index (χ1v) is 12.0. The van der Waals surface area contributed by atoms with E-state index in [9.17, 15) is 4.39 Å². The number of methoxy groups -OCH3 is 1. The first-order valence-electron chi connectivity index (χ1n) is 11.2. The fourth-order valence-electron chi connectivity index (χ4n) is 4.31. The molecule has 0 spiro atoms. The zero-order valence-corrected chi connectivity index (χ0v) is 21.6. The highest BCUT2D eigenvalue weighted by molar-refractivity contribution is 6.36. The van der Waals surface area contributed by atoms with Gasteiger partial charge in [0.15, 0.2) is 11.6 Å². The van der Waals surface area contributed by atoms with Crippen LogP contribution < -0.4 is 20.1 Å². The van der Waals surface area contributed by atoms with Gasteiger partial charge in [-0.2, -0.15) is 0 Å². The Labute approximate surface area is 214 Å². The molecule has 0 amide bonds. The van der Waals surface area contributed by atoms with Gasteiger partial charge >= 0.3 is 0 Å². The number of aromatic nitrogens is 2. The van der Waals surface area contributed by atoms with Gasteiger partial charge in [0.2, 0.25) is 0 Å². The van der Waals surface area contributed by atoms with Gasteiger partial charge in [-0.3, -0.25) is 0 Å². The van der Waals surface area contributed by atoms with E-state index in [1.54, 1.807) is 32.5 Å². The van der Waals surface area contributed by atoms with E-state index in [0.717, 1.165) is 31.0 Å². The number of piperazine rings is 1. The number of nitrogens with two attached hydrogens (primary N) is 1. The Morgan fingerprint density at radius 1 is 1.14 bits per heavy atom. The monoisotopic (exact) mass is 519 g/mol. The first-order chi connectivity index (χ1) is 16.7. The molecule has 1 aromatic carbocycles. The molecule has 2 N–H and O–H groups in total. The van der Waals surface area contributed by atoms with Gasteiger partial charge in [0.25, 0.3) is 0 Å². The zero-order chi connectivity index (χ0) is 25.3. The smallest absolute Gasteiger partial charge is 0.166 e. The van der Waals surface area contributed by atoms with Crippen LogP contribution in [-0.2, 0) is 0 Å². The Kier molecular flexibility index (Phi) is 7.54. The Morgan fingerprint density at radius 2 is 1.91 bits per heavy atom. The van der Waals surface area contributed by atoms with E-state index in [1.807, 2.05) is 6.07 Å². The lowest BCUT2D eigenvalue weighted by Crippen LogP contribution is -2.50. The molecule has 0 saturated carbocycles. The number of nitrogen functional groups attached to an aromatic ring is 1. The Morgan fingerprint density at radius 3 is 2.63 bits per heavy atom. The fraction of sp³-hybridized carbons (Fsp3) is 0.360. The van der Waals surface area contributed by atoms with E-state index in [2.05, 4.69) is 28.8 Å². The van der Waals surface area contributed by atoms with Crippen LogP contribution in [0.15, 0.2) is 36.7 Å². The summed E-state index contributed by atoms with van der Waals surface area (Å²) in [7, 11) is 3.74. The number of anilines is 2. The summed E-state index contributed by atoms with van der Waals surface area (Å²) in [6.45, 7) is 6.72. The van der Waals surface area contributed by atoms with Gasteiger partial charge in [0.05, 0.1) is 12.1 Å². The summed E-state index contributed by atoms with van der Waals surface area (Å²) >= 11 is 12.4. The third-order valence-corrected chi connectivity index (χ3v) is 6.89. The standard InChI is InChI=1S/C25H28Cl2FN5O2/c1-14-13-32(3)7-8-33(14)22-10-20(34-4)17(12-30-22)16-9-21(25(29)31-11-16)35-15(2)23-18(26)5-6-19(28)24(23)27/h5-6,9-12,14-15H,7-8,13H2,1-4H3,(H2,29,31). The molecule has 7 nitrogen and oxygen atoms in total. The molecule has 1 aliphatic heterocycles. The van der Waals surface area contributed by atoms with Gasteiger partial charge in [-0.1, -0.05) is 23.2 Å². The van der Waals surface area contributed by atoms with Crippen LogP contribution in [0, 0.1) is 5.82 Å². The first kappa shape index (κ1) is 25.3. The van der Waals surface area contributed by atoms with Gasteiger partial charge in [-0.15, -0.1) is 0 Å². The molecule has 35 heavy (non-hydrogen) atoms. The predicted molar refractivity (Wildman–Crippen MR) is 138 cm³/mol. The third kappa shape index (κ3) is 5.24. The second-order valence-corrected chi connectivity index (χ2v) is 9.46. The van der Waals surface area contributed by atoms with E-state index >= 15 is 0 Å². The van der Waals surface area contributed by atoms with Crippen LogP contribution in [0.2, 0.25) is 10.0 Å². The van der Waals surface area contributed by atoms with Crippen molar-refractivity contribution in [2.24, 2.45) is 0 Å². The van der Waals surface area contributed by atoms with Crippen LogP contribution >= 0.6 is 23.2 Å². The molecule has 4 rings (SSSR count). The van der Waals surface area contributed by atoms with Crippen molar-refractivity contribution in [3.05, 3.63) is 58.1 Å². The lowest BCUT2D eigenvalue weighted by atomic mass is 10.1. The number of rotatable bonds is 6. The SMILES string of the molecule is COc1cc(N2CCN(C)CC2C)ncc1-c1cnc(N)c(OC(C)c2c(Cl)ccc(F)c2Cl)c1. The number of hydrogen-bond acceptors (Lipinski definition) is 7. The van der Waals surface area contributed by atoms with Gasteiger partial charge in [0.1, 0.15) is 23.5 Å². The van der Waals surface area contributed by atoms with Crippen LogP contribution in [0.25, 0.3) is 11.1 Å². The molecule has 0 bridgehead atoms. The quantitative estimate of drug-likeness (QED) is 0.433. The molecule has 3 heterocycles. The Bertz CT molecular complexity index is 1230. The maximum absolute atomic E-state index is 14.0. The molecule has 2 unspecified atom stereocenters. The summed E-state index contributed by atoms with van der Waals surface area (Å²) in [5.74, 6) is 1.43. The molecule has 186 valence electrons. The van der Waals surface area contributed by atoms with E-state index in [4.69, 9.17) is 43.4 Å². The van der Waals surface area contributed by atoms with Crippen molar-refractivity contribution in [1.82, 2.24) is 14.9 Å². The van der Waals surface area contributed by atoms with Crippen molar-refractivity contribution in [3.63, 3.8) is 0 Å². The second-order valence-electron chi connectivity index (χ2n) is 8.67. The van der Waals surface area contributed by atoms with Crippen LogP contribution in [0.4, 0.5) is 16.0 Å². The maximum Gasteiger partial charge on any atom is 0.166 e. The number of nitrogens with zero attached hydrogens (tertiary/aromatic N) is 4. The highest BCUT2D eigenvalue weighted by atomic mass is 35.5. The third-order valence-electron chi connectivity index (χ3n) is 6.18. The lowest BCUT2D eigenvalue weighted by Gasteiger charge is -2.39. The Hall–Kier alpha value is -2.81. The predicted octanol–water partition coefficient (Wildman–Crippen LogP) is 5.46. The van der Waals surface area contributed by atoms with Gasteiger partial charge in [-0.05, 0) is 39.1 Å². The zero-order valence-electron chi connectivity index (χ0n) is 20.1.